The minimum atomic E-state index is -0.602. The Morgan fingerprint density at radius 3 is 2.60 bits per heavy atom. The molecule has 2 aromatic carbocycles. The van der Waals surface area contributed by atoms with Gasteiger partial charge in [-0.3, -0.25) is 4.79 Å². The summed E-state index contributed by atoms with van der Waals surface area (Å²) in [6.07, 6.45) is 0.288. The molecule has 0 radical (unpaired) electrons. The Bertz CT molecular complexity index is 601. The van der Waals surface area contributed by atoms with Gasteiger partial charge in [-0.2, -0.15) is 0 Å². The number of hydrogen-bond acceptors (Lipinski definition) is 1. The first-order valence-corrected chi connectivity index (χ1v) is 6.74. The Morgan fingerprint density at radius 1 is 1.20 bits per heavy atom. The van der Waals surface area contributed by atoms with Gasteiger partial charge in [0.05, 0.1) is 10.7 Å². The number of amides is 1. The van der Waals surface area contributed by atoms with Crippen LogP contribution in [-0.2, 0) is 4.79 Å². The van der Waals surface area contributed by atoms with E-state index >= 15 is 0 Å². The Morgan fingerprint density at radius 2 is 1.90 bits per heavy atom. The van der Waals surface area contributed by atoms with Gasteiger partial charge in [0.15, 0.2) is 5.82 Å². The van der Waals surface area contributed by atoms with E-state index in [9.17, 15) is 9.18 Å². The first-order chi connectivity index (χ1) is 9.58. The summed E-state index contributed by atoms with van der Waals surface area (Å²) < 4.78 is 13.7. The van der Waals surface area contributed by atoms with Crippen LogP contribution < -0.4 is 5.32 Å². The van der Waals surface area contributed by atoms with Gasteiger partial charge in [0.25, 0.3) is 0 Å². The van der Waals surface area contributed by atoms with E-state index in [2.05, 4.69) is 5.32 Å². The zero-order valence-electron chi connectivity index (χ0n) is 11.1. The first-order valence-electron chi connectivity index (χ1n) is 6.36. The normalized spacial score (nSPS) is 11.9. The summed E-state index contributed by atoms with van der Waals surface area (Å²) in [5.74, 6) is -0.768. The molecule has 2 nitrogen and oxygen atoms in total. The number of anilines is 1. The van der Waals surface area contributed by atoms with E-state index in [1.807, 2.05) is 37.3 Å². The van der Waals surface area contributed by atoms with Crippen molar-refractivity contribution >= 4 is 23.2 Å². The lowest BCUT2D eigenvalue weighted by Gasteiger charge is -2.12. The number of nitrogens with one attached hydrogen (secondary N) is 1. The van der Waals surface area contributed by atoms with E-state index in [1.54, 1.807) is 6.07 Å². The molecule has 0 aliphatic heterocycles. The van der Waals surface area contributed by atoms with E-state index in [0.717, 1.165) is 5.56 Å². The topological polar surface area (TPSA) is 29.1 Å². The number of halogens is 2. The number of benzene rings is 2. The second kappa shape index (κ2) is 6.53. The van der Waals surface area contributed by atoms with Gasteiger partial charge in [-0.05, 0) is 23.6 Å². The van der Waals surface area contributed by atoms with Gasteiger partial charge in [-0.15, -0.1) is 0 Å². The molecule has 0 aliphatic carbocycles. The molecule has 1 N–H and O–H groups in total. The molecule has 2 rings (SSSR count). The minimum Gasteiger partial charge on any atom is -0.324 e. The van der Waals surface area contributed by atoms with Crippen molar-refractivity contribution in [3.8, 4) is 0 Å². The van der Waals surface area contributed by atoms with Gasteiger partial charge < -0.3 is 5.32 Å². The van der Waals surface area contributed by atoms with E-state index in [1.165, 1.54) is 12.1 Å². The highest BCUT2D eigenvalue weighted by atomic mass is 35.5. The van der Waals surface area contributed by atoms with Crippen LogP contribution in [-0.4, -0.2) is 5.91 Å². The molecule has 0 spiro atoms. The van der Waals surface area contributed by atoms with Crippen molar-refractivity contribution in [2.45, 2.75) is 19.3 Å². The van der Waals surface area contributed by atoms with Gasteiger partial charge in [0.1, 0.15) is 0 Å². The highest BCUT2D eigenvalue weighted by Gasteiger charge is 2.13. The van der Waals surface area contributed by atoms with Gasteiger partial charge >= 0.3 is 0 Å². The van der Waals surface area contributed by atoms with Crippen LogP contribution in [0.4, 0.5) is 10.1 Å². The largest absolute Gasteiger partial charge is 0.324 e. The minimum absolute atomic E-state index is 0.00101. The van der Waals surface area contributed by atoms with Crippen molar-refractivity contribution in [1.29, 1.82) is 0 Å². The number of rotatable bonds is 4. The van der Waals surface area contributed by atoms with Crippen molar-refractivity contribution in [3.63, 3.8) is 0 Å². The van der Waals surface area contributed by atoms with Crippen molar-refractivity contribution in [2.75, 3.05) is 5.32 Å². The monoisotopic (exact) mass is 291 g/mol. The zero-order chi connectivity index (χ0) is 14.5. The molecule has 0 fully saturated rings. The lowest BCUT2D eigenvalue weighted by Crippen LogP contribution is -2.15. The number of hydrogen-bond donors (Lipinski definition) is 1. The molecule has 0 aromatic heterocycles. The summed E-state index contributed by atoms with van der Waals surface area (Å²) in [4.78, 5) is 11.9. The highest BCUT2D eigenvalue weighted by Crippen LogP contribution is 2.23. The van der Waals surface area contributed by atoms with Crippen LogP contribution >= 0.6 is 11.6 Å². The molecule has 2 aromatic rings. The van der Waals surface area contributed by atoms with Crippen LogP contribution in [0.5, 0.6) is 0 Å². The molecule has 0 bridgehead atoms. The third kappa shape index (κ3) is 3.58. The Hall–Kier alpha value is -1.87. The lowest BCUT2D eigenvalue weighted by molar-refractivity contribution is -0.116. The predicted octanol–water partition coefficient (Wildman–Crippen LogP) is 4.61. The van der Waals surface area contributed by atoms with Crippen LogP contribution in [0.25, 0.3) is 0 Å². The highest BCUT2D eigenvalue weighted by molar-refractivity contribution is 6.31. The fraction of sp³-hybridized carbons (Fsp3) is 0.188. The van der Waals surface area contributed by atoms with Crippen LogP contribution in [0.3, 0.4) is 0 Å². The number of carbonyl (C=O) groups excluding carboxylic acids is 1. The molecule has 0 heterocycles. The summed E-state index contributed by atoms with van der Waals surface area (Å²) in [5.41, 5.74) is 1.19. The summed E-state index contributed by atoms with van der Waals surface area (Å²) >= 11 is 5.67. The fourth-order valence-corrected chi connectivity index (χ4v) is 2.15. The van der Waals surface area contributed by atoms with Gasteiger partial charge in [0.2, 0.25) is 5.91 Å². The summed E-state index contributed by atoms with van der Waals surface area (Å²) in [7, 11) is 0. The smallest absolute Gasteiger partial charge is 0.225 e. The van der Waals surface area contributed by atoms with Crippen molar-refractivity contribution in [1.82, 2.24) is 0 Å². The standard InChI is InChI=1S/C16H15ClFNO/c1-11(12-6-3-2-4-7-12)10-15(20)19-14-9-5-8-13(17)16(14)18/h2-9,11H,10H2,1H3,(H,19,20). The molecule has 104 valence electrons. The van der Waals surface area contributed by atoms with Crippen LogP contribution in [0, 0.1) is 5.82 Å². The lowest BCUT2D eigenvalue weighted by atomic mass is 9.97. The summed E-state index contributed by atoms with van der Waals surface area (Å²) in [6, 6.07) is 14.3. The molecule has 1 unspecified atom stereocenters. The third-order valence-corrected chi connectivity index (χ3v) is 3.38. The Kier molecular flexibility index (Phi) is 4.74. The second-order valence-electron chi connectivity index (χ2n) is 4.67. The average Bonchev–Trinajstić information content (AvgIpc) is 2.45. The predicted molar refractivity (Wildman–Crippen MR) is 79.5 cm³/mol. The van der Waals surface area contributed by atoms with Crippen molar-refractivity contribution in [3.05, 3.63) is 64.9 Å². The summed E-state index contributed by atoms with van der Waals surface area (Å²) in [6.45, 7) is 1.96. The van der Waals surface area contributed by atoms with E-state index in [0.29, 0.717) is 0 Å². The molecule has 1 amide bonds. The second-order valence-corrected chi connectivity index (χ2v) is 5.07. The van der Waals surface area contributed by atoms with E-state index < -0.39 is 5.82 Å². The fourth-order valence-electron chi connectivity index (χ4n) is 1.98. The molecular formula is C16H15ClFNO. The number of carbonyl (C=O) groups is 1. The molecule has 0 saturated carbocycles. The van der Waals surface area contributed by atoms with Crippen molar-refractivity contribution in [2.24, 2.45) is 0 Å². The Labute approximate surface area is 122 Å². The molecule has 0 saturated heterocycles. The first kappa shape index (κ1) is 14.5. The SMILES string of the molecule is CC(CC(=O)Nc1cccc(Cl)c1F)c1ccccc1. The molecular weight excluding hydrogens is 277 g/mol. The van der Waals surface area contributed by atoms with Gasteiger partial charge in [-0.25, -0.2) is 4.39 Å². The van der Waals surface area contributed by atoms with Crippen molar-refractivity contribution < 1.29 is 9.18 Å². The average molecular weight is 292 g/mol. The maximum Gasteiger partial charge on any atom is 0.225 e. The molecule has 1 atom stereocenters. The maximum absolute atomic E-state index is 13.7. The molecule has 4 heteroatoms. The van der Waals surface area contributed by atoms with Gasteiger partial charge in [-0.1, -0.05) is 54.9 Å². The quantitative estimate of drug-likeness (QED) is 0.875. The third-order valence-electron chi connectivity index (χ3n) is 3.09. The summed E-state index contributed by atoms with van der Waals surface area (Å²) in [5, 5.41) is 2.55. The maximum atomic E-state index is 13.7. The Balaban J connectivity index is 2.01. The van der Waals surface area contributed by atoms with Crippen LogP contribution in [0.15, 0.2) is 48.5 Å². The van der Waals surface area contributed by atoms with Crippen LogP contribution in [0.2, 0.25) is 5.02 Å². The zero-order valence-corrected chi connectivity index (χ0v) is 11.8. The van der Waals surface area contributed by atoms with E-state index in [-0.39, 0.29) is 29.0 Å². The van der Waals surface area contributed by atoms with E-state index in [4.69, 9.17) is 11.6 Å². The van der Waals surface area contributed by atoms with Gasteiger partial charge in [0, 0.05) is 6.42 Å². The molecule has 0 aliphatic rings. The van der Waals surface area contributed by atoms with Crippen LogP contribution in [0.1, 0.15) is 24.8 Å². The molecule has 20 heavy (non-hydrogen) atoms.